The number of amides is 1. The number of carbonyl (C=O) groups excluding carboxylic acids is 1. The van der Waals surface area contributed by atoms with E-state index in [0.29, 0.717) is 18.7 Å². The first-order valence-corrected chi connectivity index (χ1v) is 9.47. The molecule has 2 rings (SSSR count). The van der Waals surface area contributed by atoms with E-state index in [1.165, 1.54) is 19.2 Å². The third-order valence-corrected chi connectivity index (χ3v) is 5.63. The van der Waals surface area contributed by atoms with E-state index < -0.39 is 10.0 Å². The topological polar surface area (TPSA) is 102 Å². The molecule has 0 radical (unpaired) electrons. The molecule has 0 spiro atoms. The standard InChI is InChI=1S/C16H25N3O4S/c1-12-3-4-14(24(21,22)18-7-10-23-2)11-15(12)16(20)19-8-5-13(17)6-9-19/h3-4,11,13,18H,5-10,17H2,1-2H3. The molecule has 0 aromatic heterocycles. The van der Waals surface area contributed by atoms with Gasteiger partial charge in [0.25, 0.3) is 5.91 Å². The summed E-state index contributed by atoms with van der Waals surface area (Å²) in [6, 6.07) is 4.74. The van der Waals surface area contributed by atoms with Gasteiger partial charge >= 0.3 is 0 Å². The third kappa shape index (κ3) is 4.54. The second kappa shape index (κ2) is 8.06. The quantitative estimate of drug-likeness (QED) is 0.723. The number of aryl methyl sites for hydroxylation is 1. The minimum atomic E-state index is -3.67. The SMILES string of the molecule is COCCNS(=O)(=O)c1ccc(C)c(C(=O)N2CCC(N)CC2)c1. The number of hydrogen-bond donors (Lipinski definition) is 2. The third-order valence-electron chi connectivity index (χ3n) is 4.17. The summed E-state index contributed by atoms with van der Waals surface area (Å²) in [5, 5.41) is 0. The van der Waals surface area contributed by atoms with E-state index >= 15 is 0 Å². The molecule has 0 saturated carbocycles. The predicted molar refractivity (Wildman–Crippen MR) is 91.4 cm³/mol. The number of carbonyl (C=O) groups is 1. The molecule has 7 nitrogen and oxygen atoms in total. The lowest BCUT2D eigenvalue weighted by atomic mass is 10.0. The van der Waals surface area contributed by atoms with Crippen molar-refractivity contribution in [3.05, 3.63) is 29.3 Å². The van der Waals surface area contributed by atoms with E-state index in [2.05, 4.69) is 4.72 Å². The number of likely N-dealkylation sites (tertiary alicyclic amines) is 1. The van der Waals surface area contributed by atoms with Crippen molar-refractivity contribution in [1.82, 2.24) is 9.62 Å². The number of ether oxygens (including phenoxy) is 1. The Kier molecular flexibility index (Phi) is 6.34. The first-order valence-electron chi connectivity index (χ1n) is 7.99. The van der Waals surface area contributed by atoms with Gasteiger partial charge in [-0.2, -0.15) is 0 Å². The second-order valence-electron chi connectivity index (χ2n) is 6.00. The van der Waals surface area contributed by atoms with Crippen LogP contribution in [0.1, 0.15) is 28.8 Å². The maximum Gasteiger partial charge on any atom is 0.254 e. The lowest BCUT2D eigenvalue weighted by Crippen LogP contribution is -2.43. The summed E-state index contributed by atoms with van der Waals surface area (Å²) < 4.78 is 31.9. The highest BCUT2D eigenvalue weighted by atomic mass is 32.2. The molecule has 1 amide bonds. The van der Waals surface area contributed by atoms with Crippen molar-refractivity contribution < 1.29 is 17.9 Å². The van der Waals surface area contributed by atoms with Crippen molar-refractivity contribution in [3.8, 4) is 0 Å². The van der Waals surface area contributed by atoms with Crippen LogP contribution >= 0.6 is 0 Å². The number of nitrogens with two attached hydrogens (primary N) is 1. The number of nitrogens with zero attached hydrogens (tertiary/aromatic N) is 1. The first-order chi connectivity index (χ1) is 11.3. The van der Waals surface area contributed by atoms with Gasteiger partial charge in [-0.25, -0.2) is 13.1 Å². The van der Waals surface area contributed by atoms with Crippen LogP contribution in [0.4, 0.5) is 0 Å². The van der Waals surface area contributed by atoms with Crippen LogP contribution in [0.25, 0.3) is 0 Å². The summed E-state index contributed by atoms with van der Waals surface area (Å²) in [7, 11) is -2.16. The molecule has 1 aliphatic rings. The molecule has 1 aromatic rings. The maximum absolute atomic E-state index is 12.7. The molecule has 134 valence electrons. The van der Waals surface area contributed by atoms with Crippen LogP contribution in [0.3, 0.4) is 0 Å². The molecule has 24 heavy (non-hydrogen) atoms. The molecule has 8 heteroatoms. The molecule has 3 N–H and O–H groups in total. The van der Waals surface area contributed by atoms with Crippen LogP contribution in [0.2, 0.25) is 0 Å². The molecule has 1 aromatic carbocycles. The number of methoxy groups -OCH3 is 1. The van der Waals surface area contributed by atoms with Gasteiger partial charge < -0.3 is 15.4 Å². The number of nitrogens with one attached hydrogen (secondary N) is 1. The van der Waals surface area contributed by atoms with Crippen LogP contribution in [0, 0.1) is 6.92 Å². The summed E-state index contributed by atoms with van der Waals surface area (Å²) >= 11 is 0. The number of hydrogen-bond acceptors (Lipinski definition) is 5. The van der Waals surface area contributed by atoms with Gasteiger partial charge in [0.1, 0.15) is 0 Å². The van der Waals surface area contributed by atoms with E-state index in [9.17, 15) is 13.2 Å². The van der Waals surface area contributed by atoms with E-state index in [4.69, 9.17) is 10.5 Å². The molecule has 1 heterocycles. The van der Waals surface area contributed by atoms with Gasteiger partial charge in [0.15, 0.2) is 0 Å². The van der Waals surface area contributed by atoms with Crippen molar-refractivity contribution in [1.29, 1.82) is 0 Å². The van der Waals surface area contributed by atoms with Crippen molar-refractivity contribution in [3.63, 3.8) is 0 Å². The van der Waals surface area contributed by atoms with Crippen LogP contribution in [-0.2, 0) is 14.8 Å². The lowest BCUT2D eigenvalue weighted by molar-refractivity contribution is 0.0713. The zero-order valence-corrected chi connectivity index (χ0v) is 14.9. The smallest absolute Gasteiger partial charge is 0.254 e. The Balaban J connectivity index is 2.20. The second-order valence-corrected chi connectivity index (χ2v) is 7.76. The van der Waals surface area contributed by atoms with Crippen molar-refractivity contribution in [2.24, 2.45) is 5.73 Å². The van der Waals surface area contributed by atoms with Gasteiger partial charge in [0.05, 0.1) is 11.5 Å². The zero-order valence-electron chi connectivity index (χ0n) is 14.1. The Labute approximate surface area is 143 Å². The number of piperidine rings is 1. The van der Waals surface area contributed by atoms with Gasteiger partial charge in [-0.1, -0.05) is 6.07 Å². The summed E-state index contributed by atoms with van der Waals surface area (Å²) in [4.78, 5) is 14.5. The van der Waals surface area contributed by atoms with Crippen molar-refractivity contribution in [2.45, 2.75) is 30.7 Å². The largest absolute Gasteiger partial charge is 0.383 e. The Hall–Kier alpha value is -1.48. The van der Waals surface area contributed by atoms with Crippen molar-refractivity contribution in [2.75, 3.05) is 33.4 Å². The average Bonchev–Trinajstić information content (AvgIpc) is 2.55. The molecule has 1 fully saturated rings. The van der Waals surface area contributed by atoms with Crippen LogP contribution in [0.15, 0.2) is 23.1 Å². The molecule has 1 aliphatic heterocycles. The summed E-state index contributed by atoms with van der Waals surface area (Å²) in [5.41, 5.74) is 7.04. The fourth-order valence-electron chi connectivity index (χ4n) is 2.63. The summed E-state index contributed by atoms with van der Waals surface area (Å²) in [5.74, 6) is -0.145. The Morgan fingerprint density at radius 3 is 2.67 bits per heavy atom. The van der Waals surface area contributed by atoms with Crippen LogP contribution in [-0.4, -0.2) is 58.6 Å². The van der Waals surface area contributed by atoms with E-state index in [1.807, 2.05) is 0 Å². The predicted octanol–water partition coefficient (Wildman–Crippen LogP) is 0.483. The molecule has 0 atom stereocenters. The Morgan fingerprint density at radius 1 is 1.38 bits per heavy atom. The average molecular weight is 355 g/mol. The highest BCUT2D eigenvalue weighted by Gasteiger charge is 2.24. The van der Waals surface area contributed by atoms with Crippen LogP contribution < -0.4 is 10.5 Å². The first kappa shape index (κ1) is 18.9. The van der Waals surface area contributed by atoms with Gasteiger partial charge in [-0.3, -0.25) is 4.79 Å². The molecular formula is C16H25N3O4S. The molecule has 0 unspecified atom stereocenters. The fourth-order valence-corrected chi connectivity index (χ4v) is 3.67. The monoisotopic (exact) mass is 355 g/mol. The fraction of sp³-hybridized carbons (Fsp3) is 0.562. The summed E-state index contributed by atoms with van der Waals surface area (Å²) in [6.45, 7) is 3.47. The minimum absolute atomic E-state index is 0.0845. The number of benzene rings is 1. The maximum atomic E-state index is 12.7. The normalized spacial score (nSPS) is 16.4. The van der Waals surface area contributed by atoms with E-state index in [0.717, 1.165) is 18.4 Å². The van der Waals surface area contributed by atoms with Gasteiger partial charge in [-0.05, 0) is 37.5 Å². The van der Waals surface area contributed by atoms with Gasteiger partial charge in [0, 0.05) is 38.3 Å². The molecule has 0 bridgehead atoms. The number of sulfonamides is 1. The Morgan fingerprint density at radius 2 is 2.04 bits per heavy atom. The van der Waals surface area contributed by atoms with Gasteiger partial charge in [-0.15, -0.1) is 0 Å². The van der Waals surface area contributed by atoms with Crippen molar-refractivity contribution >= 4 is 15.9 Å². The summed E-state index contributed by atoms with van der Waals surface area (Å²) in [6.07, 6.45) is 1.53. The Bertz CT molecular complexity index is 683. The molecule has 1 saturated heterocycles. The van der Waals surface area contributed by atoms with Gasteiger partial charge in [0.2, 0.25) is 10.0 Å². The zero-order chi connectivity index (χ0) is 17.7. The molecule has 0 aliphatic carbocycles. The molecular weight excluding hydrogens is 330 g/mol. The van der Waals surface area contributed by atoms with E-state index in [1.54, 1.807) is 17.9 Å². The van der Waals surface area contributed by atoms with E-state index in [-0.39, 0.29) is 30.0 Å². The highest BCUT2D eigenvalue weighted by molar-refractivity contribution is 7.89. The number of rotatable bonds is 6. The highest BCUT2D eigenvalue weighted by Crippen LogP contribution is 2.19. The minimum Gasteiger partial charge on any atom is -0.383 e. The van der Waals surface area contributed by atoms with Crippen LogP contribution in [0.5, 0.6) is 0 Å². The lowest BCUT2D eigenvalue weighted by Gasteiger charge is -2.30.